The van der Waals surface area contributed by atoms with E-state index in [9.17, 15) is 13.2 Å². The van der Waals surface area contributed by atoms with E-state index in [1.54, 1.807) is 0 Å². The average Bonchev–Trinajstić information content (AvgIpc) is 2.21. The highest BCUT2D eigenvalue weighted by Gasteiger charge is 2.14. The SMILES string of the molecule is CCCC[C@H](N)c1cc(F)c(F)c(F)c1. The Morgan fingerprint density at radius 1 is 1.20 bits per heavy atom. The molecule has 0 aromatic heterocycles. The molecule has 0 aliphatic carbocycles. The Kier molecular flexibility index (Phi) is 4.15. The molecule has 0 saturated carbocycles. The molecule has 15 heavy (non-hydrogen) atoms. The Hall–Kier alpha value is -1.03. The molecule has 2 N–H and O–H groups in total. The smallest absolute Gasteiger partial charge is 0.194 e. The molecular formula is C11H14F3N. The zero-order valence-corrected chi connectivity index (χ0v) is 8.56. The van der Waals surface area contributed by atoms with Crippen molar-refractivity contribution in [1.82, 2.24) is 0 Å². The molecule has 0 amide bonds. The molecule has 1 nitrogen and oxygen atoms in total. The number of rotatable bonds is 4. The monoisotopic (exact) mass is 217 g/mol. The van der Waals surface area contributed by atoms with Crippen LogP contribution in [0.1, 0.15) is 37.8 Å². The van der Waals surface area contributed by atoms with Gasteiger partial charge in [-0.05, 0) is 24.1 Å². The van der Waals surface area contributed by atoms with Crippen molar-refractivity contribution in [3.63, 3.8) is 0 Å². The molecule has 0 spiro atoms. The second-order valence-electron chi connectivity index (χ2n) is 3.55. The predicted molar refractivity (Wildman–Crippen MR) is 52.8 cm³/mol. The minimum atomic E-state index is -1.44. The molecule has 84 valence electrons. The van der Waals surface area contributed by atoms with E-state index in [1.807, 2.05) is 6.92 Å². The van der Waals surface area contributed by atoms with E-state index in [0.717, 1.165) is 25.0 Å². The molecule has 1 aromatic rings. The number of halogens is 3. The van der Waals surface area contributed by atoms with Crippen LogP contribution < -0.4 is 5.73 Å². The van der Waals surface area contributed by atoms with Gasteiger partial charge in [0.15, 0.2) is 17.5 Å². The van der Waals surface area contributed by atoms with E-state index in [2.05, 4.69) is 0 Å². The van der Waals surface area contributed by atoms with Crippen molar-refractivity contribution < 1.29 is 13.2 Å². The summed E-state index contributed by atoms with van der Waals surface area (Å²) in [4.78, 5) is 0. The summed E-state index contributed by atoms with van der Waals surface area (Å²) < 4.78 is 38.3. The van der Waals surface area contributed by atoms with Crippen LogP contribution in [0.4, 0.5) is 13.2 Å². The Labute approximate surface area is 87.1 Å². The summed E-state index contributed by atoms with van der Waals surface area (Å²) >= 11 is 0. The third kappa shape index (κ3) is 2.96. The van der Waals surface area contributed by atoms with Crippen molar-refractivity contribution >= 4 is 0 Å². The number of hydrogen-bond donors (Lipinski definition) is 1. The molecule has 0 radical (unpaired) electrons. The Morgan fingerprint density at radius 3 is 2.20 bits per heavy atom. The molecule has 0 unspecified atom stereocenters. The van der Waals surface area contributed by atoms with E-state index < -0.39 is 23.5 Å². The minimum Gasteiger partial charge on any atom is -0.324 e. The van der Waals surface area contributed by atoms with Crippen molar-refractivity contribution in [1.29, 1.82) is 0 Å². The molecule has 0 aliphatic heterocycles. The summed E-state index contributed by atoms with van der Waals surface area (Å²) in [5.41, 5.74) is 6.02. The lowest BCUT2D eigenvalue weighted by atomic mass is 10.0. The second kappa shape index (κ2) is 5.16. The van der Waals surface area contributed by atoms with Crippen LogP contribution in [0, 0.1) is 17.5 Å². The molecule has 4 heteroatoms. The van der Waals surface area contributed by atoms with Crippen molar-refractivity contribution in [3.8, 4) is 0 Å². The van der Waals surface area contributed by atoms with Crippen molar-refractivity contribution in [3.05, 3.63) is 35.1 Å². The van der Waals surface area contributed by atoms with Gasteiger partial charge in [0.25, 0.3) is 0 Å². The highest BCUT2D eigenvalue weighted by molar-refractivity contribution is 5.22. The molecule has 1 aromatic carbocycles. The largest absolute Gasteiger partial charge is 0.324 e. The first-order valence-electron chi connectivity index (χ1n) is 4.96. The van der Waals surface area contributed by atoms with E-state index >= 15 is 0 Å². The quantitative estimate of drug-likeness (QED) is 0.769. The second-order valence-corrected chi connectivity index (χ2v) is 3.55. The van der Waals surface area contributed by atoms with Crippen LogP contribution in [0.2, 0.25) is 0 Å². The number of hydrogen-bond acceptors (Lipinski definition) is 1. The van der Waals surface area contributed by atoms with Gasteiger partial charge in [0.2, 0.25) is 0 Å². The summed E-state index contributed by atoms with van der Waals surface area (Å²) in [6, 6.07) is 1.48. The maximum atomic E-state index is 12.9. The lowest BCUT2D eigenvalue weighted by Gasteiger charge is -2.11. The fourth-order valence-corrected chi connectivity index (χ4v) is 1.38. The maximum Gasteiger partial charge on any atom is 0.194 e. The summed E-state index contributed by atoms with van der Waals surface area (Å²) in [7, 11) is 0. The predicted octanol–water partition coefficient (Wildman–Crippen LogP) is 3.29. The average molecular weight is 217 g/mol. The van der Waals surface area contributed by atoms with Gasteiger partial charge in [0, 0.05) is 6.04 Å². The van der Waals surface area contributed by atoms with E-state index in [1.165, 1.54) is 0 Å². The van der Waals surface area contributed by atoms with Gasteiger partial charge in [-0.15, -0.1) is 0 Å². The van der Waals surface area contributed by atoms with Crippen LogP contribution in [0.15, 0.2) is 12.1 Å². The third-order valence-electron chi connectivity index (χ3n) is 2.30. The van der Waals surface area contributed by atoms with Gasteiger partial charge < -0.3 is 5.73 Å². The zero-order chi connectivity index (χ0) is 11.4. The van der Waals surface area contributed by atoms with Gasteiger partial charge >= 0.3 is 0 Å². The lowest BCUT2D eigenvalue weighted by Crippen LogP contribution is -2.11. The van der Waals surface area contributed by atoms with E-state index in [4.69, 9.17) is 5.73 Å². The summed E-state index contributed by atoms with van der Waals surface area (Å²) in [6.07, 6.45) is 2.47. The van der Waals surface area contributed by atoms with E-state index in [0.29, 0.717) is 12.0 Å². The fourth-order valence-electron chi connectivity index (χ4n) is 1.38. The van der Waals surface area contributed by atoms with Gasteiger partial charge in [0.1, 0.15) is 0 Å². The first kappa shape index (κ1) is 12.0. The Balaban J connectivity index is 2.86. The topological polar surface area (TPSA) is 26.0 Å². The highest BCUT2D eigenvalue weighted by Crippen LogP contribution is 2.21. The molecule has 0 heterocycles. The van der Waals surface area contributed by atoms with Gasteiger partial charge in [-0.25, -0.2) is 13.2 Å². The van der Waals surface area contributed by atoms with Gasteiger partial charge in [-0.3, -0.25) is 0 Å². The van der Waals surface area contributed by atoms with Crippen LogP contribution in [0.3, 0.4) is 0 Å². The number of nitrogens with two attached hydrogens (primary N) is 1. The summed E-state index contributed by atoms with van der Waals surface area (Å²) in [5, 5.41) is 0. The summed E-state index contributed by atoms with van der Waals surface area (Å²) in [6.45, 7) is 2.00. The Bertz CT molecular complexity index is 316. The first-order valence-corrected chi connectivity index (χ1v) is 4.96. The lowest BCUT2D eigenvalue weighted by molar-refractivity contribution is 0.442. The normalized spacial score (nSPS) is 12.9. The molecule has 1 atom stereocenters. The van der Waals surface area contributed by atoms with Crippen molar-refractivity contribution in [2.75, 3.05) is 0 Å². The molecular weight excluding hydrogens is 203 g/mol. The molecule has 0 bridgehead atoms. The first-order chi connectivity index (χ1) is 7.06. The third-order valence-corrected chi connectivity index (χ3v) is 2.30. The summed E-state index contributed by atoms with van der Waals surface area (Å²) in [5.74, 6) is -3.81. The van der Waals surface area contributed by atoms with Crippen LogP contribution in [0.5, 0.6) is 0 Å². The van der Waals surface area contributed by atoms with Crippen molar-refractivity contribution in [2.24, 2.45) is 5.73 Å². The minimum absolute atomic E-state index is 0.305. The number of unbranched alkanes of at least 4 members (excludes halogenated alkanes) is 1. The highest BCUT2D eigenvalue weighted by atomic mass is 19.2. The molecule has 1 rings (SSSR count). The van der Waals surface area contributed by atoms with Gasteiger partial charge in [-0.1, -0.05) is 19.8 Å². The molecule has 0 saturated heterocycles. The number of benzene rings is 1. The fraction of sp³-hybridized carbons (Fsp3) is 0.455. The van der Waals surface area contributed by atoms with Crippen LogP contribution in [0.25, 0.3) is 0 Å². The van der Waals surface area contributed by atoms with Gasteiger partial charge in [-0.2, -0.15) is 0 Å². The standard InChI is InChI=1S/C11H14F3N/c1-2-3-4-10(15)7-5-8(12)11(14)9(13)6-7/h5-6,10H,2-4,15H2,1H3/t10-/m0/s1. The van der Waals surface area contributed by atoms with E-state index in [-0.39, 0.29) is 0 Å². The Morgan fingerprint density at radius 2 is 1.73 bits per heavy atom. The van der Waals surface area contributed by atoms with Crippen LogP contribution >= 0.6 is 0 Å². The maximum absolute atomic E-state index is 12.9. The molecule has 0 aliphatic rings. The zero-order valence-electron chi connectivity index (χ0n) is 8.56. The van der Waals surface area contributed by atoms with Gasteiger partial charge in [0.05, 0.1) is 0 Å². The van der Waals surface area contributed by atoms with Crippen LogP contribution in [-0.4, -0.2) is 0 Å². The molecule has 0 fully saturated rings. The van der Waals surface area contributed by atoms with Crippen molar-refractivity contribution in [2.45, 2.75) is 32.2 Å². The van der Waals surface area contributed by atoms with Crippen LogP contribution in [-0.2, 0) is 0 Å².